The summed E-state index contributed by atoms with van der Waals surface area (Å²) < 4.78 is 26.0. The van der Waals surface area contributed by atoms with Crippen molar-refractivity contribution >= 4 is 23.4 Å². The third-order valence-electron chi connectivity index (χ3n) is 4.71. The lowest BCUT2D eigenvalue weighted by atomic mass is 9.97. The Morgan fingerprint density at radius 2 is 1.90 bits per heavy atom. The number of nitrogens with one attached hydrogen (secondary N) is 3. The topological polar surface area (TPSA) is 90.5 Å². The molecule has 0 aliphatic carbocycles. The van der Waals surface area contributed by atoms with Crippen LogP contribution in [0.3, 0.4) is 0 Å². The number of rotatable bonds is 8. The summed E-state index contributed by atoms with van der Waals surface area (Å²) in [7, 11) is 0. The van der Waals surface area contributed by atoms with Crippen molar-refractivity contribution in [2.45, 2.75) is 26.7 Å². The molecule has 9 heteroatoms. The average molecular weight is 410 g/mol. The Morgan fingerprint density at radius 1 is 1.14 bits per heavy atom. The van der Waals surface area contributed by atoms with E-state index in [2.05, 4.69) is 16.0 Å². The van der Waals surface area contributed by atoms with Gasteiger partial charge in [0, 0.05) is 30.8 Å². The minimum absolute atomic E-state index is 0.0203. The Balaban J connectivity index is 1.70. The van der Waals surface area contributed by atoms with Crippen LogP contribution in [-0.4, -0.2) is 55.3 Å². The van der Waals surface area contributed by atoms with Crippen LogP contribution < -0.4 is 16.0 Å². The molecule has 0 aromatic heterocycles. The number of hydrogen-bond donors (Lipinski definition) is 3. The minimum Gasteiger partial charge on any atom is -0.356 e. The molecule has 3 amide bonds. The van der Waals surface area contributed by atoms with E-state index in [-0.39, 0.29) is 42.4 Å². The van der Waals surface area contributed by atoms with E-state index in [1.807, 2.05) is 18.7 Å². The predicted octanol–water partition coefficient (Wildman–Crippen LogP) is 1.50. The number of likely N-dealkylation sites (tertiary alicyclic amines) is 1. The highest BCUT2D eigenvalue weighted by Crippen LogP contribution is 2.16. The third-order valence-corrected chi connectivity index (χ3v) is 4.71. The molecule has 2 rings (SSSR count). The Kier molecular flexibility index (Phi) is 8.50. The van der Waals surface area contributed by atoms with Crippen molar-refractivity contribution in [1.82, 2.24) is 15.5 Å². The Bertz CT molecular complexity index is 742. The highest BCUT2D eigenvalue weighted by molar-refractivity contribution is 5.94. The van der Waals surface area contributed by atoms with E-state index in [1.54, 1.807) is 0 Å². The second-order valence-electron chi connectivity index (χ2n) is 7.60. The first-order valence-corrected chi connectivity index (χ1v) is 9.76. The van der Waals surface area contributed by atoms with Gasteiger partial charge in [0.25, 0.3) is 0 Å². The SMILES string of the molecule is CC(C)C(=O)NCC1CCCN(CC(=O)NCC(=O)Nc2ccc(F)c(F)c2)C1. The van der Waals surface area contributed by atoms with Gasteiger partial charge in [-0.2, -0.15) is 0 Å². The molecule has 3 N–H and O–H groups in total. The fourth-order valence-electron chi connectivity index (χ4n) is 3.13. The normalized spacial score (nSPS) is 17.1. The van der Waals surface area contributed by atoms with Crippen LogP contribution in [0.2, 0.25) is 0 Å². The van der Waals surface area contributed by atoms with Crippen molar-refractivity contribution in [3.05, 3.63) is 29.8 Å². The van der Waals surface area contributed by atoms with E-state index in [0.29, 0.717) is 13.1 Å². The second-order valence-corrected chi connectivity index (χ2v) is 7.60. The van der Waals surface area contributed by atoms with Crippen LogP contribution in [0.5, 0.6) is 0 Å². The molecule has 160 valence electrons. The molecule has 1 aromatic rings. The maximum Gasteiger partial charge on any atom is 0.243 e. The van der Waals surface area contributed by atoms with Gasteiger partial charge in [0.1, 0.15) is 0 Å². The summed E-state index contributed by atoms with van der Waals surface area (Å²) in [4.78, 5) is 37.7. The maximum absolute atomic E-state index is 13.1. The molecular formula is C20H28F2N4O3. The largest absolute Gasteiger partial charge is 0.356 e. The van der Waals surface area contributed by atoms with Crippen molar-refractivity contribution < 1.29 is 23.2 Å². The summed E-state index contributed by atoms with van der Waals surface area (Å²) in [6, 6.07) is 3.03. The summed E-state index contributed by atoms with van der Waals surface area (Å²) in [5.41, 5.74) is 0.116. The van der Waals surface area contributed by atoms with Gasteiger partial charge in [0.2, 0.25) is 17.7 Å². The van der Waals surface area contributed by atoms with Crippen molar-refractivity contribution in [1.29, 1.82) is 0 Å². The van der Waals surface area contributed by atoms with Crippen LogP contribution in [0.1, 0.15) is 26.7 Å². The molecular weight excluding hydrogens is 382 g/mol. The zero-order valence-electron chi connectivity index (χ0n) is 16.8. The molecule has 1 saturated heterocycles. The van der Waals surface area contributed by atoms with Gasteiger partial charge < -0.3 is 16.0 Å². The van der Waals surface area contributed by atoms with Crippen LogP contribution >= 0.6 is 0 Å². The highest BCUT2D eigenvalue weighted by Gasteiger charge is 2.22. The third kappa shape index (κ3) is 7.77. The number of hydrogen-bond acceptors (Lipinski definition) is 4. The second kappa shape index (κ2) is 10.8. The van der Waals surface area contributed by atoms with E-state index in [0.717, 1.165) is 31.5 Å². The first-order valence-electron chi connectivity index (χ1n) is 9.76. The lowest BCUT2D eigenvalue weighted by Crippen LogP contribution is -2.46. The summed E-state index contributed by atoms with van der Waals surface area (Å²) in [5.74, 6) is -2.63. The lowest BCUT2D eigenvalue weighted by molar-refractivity contribution is -0.126. The van der Waals surface area contributed by atoms with Crippen LogP contribution in [0, 0.1) is 23.5 Å². The monoisotopic (exact) mass is 410 g/mol. The van der Waals surface area contributed by atoms with Gasteiger partial charge in [-0.3, -0.25) is 19.3 Å². The van der Waals surface area contributed by atoms with E-state index in [4.69, 9.17) is 0 Å². The Hall–Kier alpha value is -2.55. The van der Waals surface area contributed by atoms with Crippen molar-refractivity contribution in [3.63, 3.8) is 0 Å². The summed E-state index contributed by atoms with van der Waals surface area (Å²) >= 11 is 0. The highest BCUT2D eigenvalue weighted by atomic mass is 19.2. The lowest BCUT2D eigenvalue weighted by Gasteiger charge is -2.32. The van der Waals surface area contributed by atoms with E-state index in [9.17, 15) is 23.2 Å². The molecule has 0 bridgehead atoms. The Morgan fingerprint density at radius 3 is 2.59 bits per heavy atom. The van der Waals surface area contributed by atoms with Gasteiger partial charge in [-0.1, -0.05) is 13.8 Å². The first kappa shape index (κ1) is 22.7. The molecule has 1 aromatic carbocycles. The molecule has 1 atom stereocenters. The molecule has 7 nitrogen and oxygen atoms in total. The summed E-state index contributed by atoms with van der Waals surface area (Å²) in [5, 5.41) is 7.85. The summed E-state index contributed by atoms with van der Waals surface area (Å²) in [6.07, 6.45) is 1.93. The quantitative estimate of drug-likeness (QED) is 0.606. The fourth-order valence-corrected chi connectivity index (χ4v) is 3.13. The van der Waals surface area contributed by atoms with Crippen LogP contribution in [0.15, 0.2) is 18.2 Å². The molecule has 0 radical (unpaired) electrons. The Labute approximate surface area is 169 Å². The number of nitrogens with zero attached hydrogens (tertiary/aromatic N) is 1. The predicted molar refractivity (Wildman–Crippen MR) is 105 cm³/mol. The number of anilines is 1. The molecule has 0 spiro atoms. The van der Waals surface area contributed by atoms with Gasteiger partial charge in [-0.25, -0.2) is 8.78 Å². The number of halogens is 2. The number of piperidine rings is 1. The number of benzene rings is 1. The maximum atomic E-state index is 13.1. The van der Waals surface area contributed by atoms with Gasteiger partial charge >= 0.3 is 0 Å². The number of carbonyl (C=O) groups excluding carboxylic acids is 3. The van der Waals surface area contributed by atoms with E-state index >= 15 is 0 Å². The zero-order chi connectivity index (χ0) is 21.4. The number of amides is 3. The standard InChI is InChI=1S/C20H28F2N4O3/c1-13(2)20(29)24-9-14-4-3-7-26(11-14)12-19(28)23-10-18(27)25-15-5-6-16(21)17(22)8-15/h5-6,8,13-14H,3-4,7,9-12H2,1-2H3,(H,23,28)(H,24,29)(H,25,27). The minimum atomic E-state index is -1.06. The van der Waals surface area contributed by atoms with E-state index < -0.39 is 17.5 Å². The first-order chi connectivity index (χ1) is 13.7. The van der Waals surface area contributed by atoms with E-state index in [1.165, 1.54) is 6.07 Å². The molecule has 1 heterocycles. The number of carbonyl (C=O) groups is 3. The van der Waals surface area contributed by atoms with Crippen molar-refractivity contribution in [2.24, 2.45) is 11.8 Å². The van der Waals surface area contributed by atoms with Gasteiger partial charge in [0.05, 0.1) is 13.1 Å². The van der Waals surface area contributed by atoms with Gasteiger partial charge in [0.15, 0.2) is 11.6 Å². The van der Waals surface area contributed by atoms with Crippen molar-refractivity contribution in [2.75, 3.05) is 38.0 Å². The molecule has 29 heavy (non-hydrogen) atoms. The molecule has 1 unspecified atom stereocenters. The summed E-state index contributed by atoms with van der Waals surface area (Å²) in [6.45, 7) is 5.65. The zero-order valence-corrected chi connectivity index (χ0v) is 16.8. The molecule has 1 fully saturated rings. The van der Waals surface area contributed by atoms with Gasteiger partial charge in [-0.15, -0.1) is 0 Å². The van der Waals surface area contributed by atoms with Crippen LogP contribution in [0.25, 0.3) is 0 Å². The molecule has 1 aliphatic heterocycles. The fraction of sp³-hybridized carbons (Fsp3) is 0.550. The molecule has 1 aliphatic rings. The smallest absolute Gasteiger partial charge is 0.243 e. The average Bonchev–Trinajstić information content (AvgIpc) is 2.67. The van der Waals surface area contributed by atoms with Crippen LogP contribution in [0.4, 0.5) is 14.5 Å². The van der Waals surface area contributed by atoms with Crippen molar-refractivity contribution in [3.8, 4) is 0 Å². The van der Waals surface area contributed by atoms with Gasteiger partial charge in [-0.05, 0) is 37.4 Å². The molecule has 0 saturated carbocycles. The van der Waals surface area contributed by atoms with Crippen LogP contribution in [-0.2, 0) is 14.4 Å².